The van der Waals surface area contributed by atoms with E-state index < -0.39 is 17.9 Å². The fourth-order valence-electron chi connectivity index (χ4n) is 2.48. The number of ether oxygens (including phenoxy) is 2. The quantitative estimate of drug-likeness (QED) is 0.730. The summed E-state index contributed by atoms with van der Waals surface area (Å²) in [6, 6.07) is 14.6. The van der Waals surface area contributed by atoms with Crippen LogP contribution < -0.4 is 20.3 Å². The molecular weight excluding hydrogens is 346 g/mol. The Labute approximate surface area is 159 Å². The van der Waals surface area contributed by atoms with Crippen molar-refractivity contribution in [3.05, 3.63) is 54.1 Å². The van der Waals surface area contributed by atoms with Gasteiger partial charge < -0.3 is 25.0 Å². The highest BCUT2D eigenvalue weighted by Crippen LogP contribution is 2.21. The van der Waals surface area contributed by atoms with Crippen LogP contribution in [0.25, 0.3) is 0 Å². The van der Waals surface area contributed by atoms with E-state index in [1.165, 1.54) is 0 Å². The predicted molar refractivity (Wildman–Crippen MR) is 105 cm³/mol. The molecule has 0 aliphatic heterocycles. The van der Waals surface area contributed by atoms with E-state index in [0.717, 1.165) is 11.3 Å². The van der Waals surface area contributed by atoms with Crippen LogP contribution in [0.4, 0.5) is 11.4 Å². The lowest BCUT2D eigenvalue weighted by Gasteiger charge is -2.17. The molecule has 2 aromatic rings. The monoisotopic (exact) mass is 371 g/mol. The summed E-state index contributed by atoms with van der Waals surface area (Å²) in [7, 11) is 6.98. The Balaban J connectivity index is 1.91. The Hall–Kier alpha value is -3.06. The van der Waals surface area contributed by atoms with Gasteiger partial charge in [0, 0.05) is 39.1 Å². The molecule has 2 N–H and O–H groups in total. The van der Waals surface area contributed by atoms with Gasteiger partial charge in [-0.3, -0.25) is 9.59 Å². The SMILES string of the molecule is COc1cccc(C(CNC(=O)C(=O)Nc2ccc(N(C)C)cc2)OC)c1. The van der Waals surface area contributed by atoms with Gasteiger partial charge in [0.2, 0.25) is 0 Å². The molecule has 7 heteroatoms. The molecule has 7 nitrogen and oxygen atoms in total. The first-order chi connectivity index (χ1) is 12.9. The molecule has 0 spiro atoms. The number of hydrogen-bond donors (Lipinski definition) is 2. The van der Waals surface area contributed by atoms with Crippen LogP contribution in [0.3, 0.4) is 0 Å². The zero-order valence-electron chi connectivity index (χ0n) is 16.0. The summed E-state index contributed by atoms with van der Waals surface area (Å²) in [5.74, 6) is -0.760. The lowest BCUT2D eigenvalue weighted by Crippen LogP contribution is -2.38. The molecule has 144 valence electrons. The van der Waals surface area contributed by atoms with Crippen LogP contribution in [0.5, 0.6) is 5.75 Å². The van der Waals surface area contributed by atoms with Crippen LogP contribution in [0.1, 0.15) is 11.7 Å². The fraction of sp³-hybridized carbons (Fsp3) is 0.300. The number of methoxy groups -OCH3 is 2. The van der Waals surface area contributed by atoms with Crippen molar-refractivity contribution in [2.24, 2.45) is 0 Å². The van der Waals surface area contributed by atoms with Gasteiger partial charge in [-0.1, -0.05) is 12.1 Å². The Morgan fingerprint density at radius 1 is 1.04 bits per heavy atom. The molecule has 0 heterocycles. The highest BCUT2D eigenvalue weighted by molar-refractivity contribution is 6.39. The van der Waals surface area contributed by atoms with Gasteiger partial charge in [-0.15, -0.1) is 0 Å². The van der Waals surface area contributed by atoms with E-state index in [2.05, 4.69) is 10.6 Å². The van der Waals surface area contributed by atoms with Crippen molar-refractivity contribution in [3.8, 4) is 5.75 Å². The zero-order valence-corrected chi connectivity index (χ0v) is 16.0. The number of benzene rings is 2. The number of hydrogen-bond acceptors (Lipinski definition) is 5. The van der Waals surface area contributed by atoms with E-state index in [0.29, 0.717) is 11.4 Å². The third-order valence-electron chi connectivity index (χ3n) is 4.05. The van der Waals surface area contributed by atoms with E-state index in [4.69, 9.17) is 9.47 Å². The summed E-state index contributed by atoms with van der Waals surface area (Å²) >= 11 is 0. The van der Waals surface area contributed by atoms with Crippen molar-refractivity contribution in [2.45, 2.75) is 6.10 Å². The normalized spacial score (nSPS) is 11.4. The van der Waals surface area contributed by atoms with Crippen molar-refractivity contribution in [3.63, 3.8) is 0 Å². The van der Waals surface area contributed by atoms with Crippen LogP contribution in [-0.4, -0.2) is 46.7 Å². The molecule has 1 unspecified atom stereocenters. The van der Waals surface area contributed by atoms with Gasteiger partial charge in [0.15, 0.2) is 0 Å². The highest BCUT2D eigenvalue weighted by Gasteiger charge is 2.17. The average molecular weight is 371 g/mol. The molecular formula is C20H25N3O4. The summed E-state index contributed by atoms with van der Waals surface area (Å²) in [6.07, 6.45) is -0.392. The Bertz CT molecular complexity index is 775. The summed E-state index contributed by atoms with van der Waals surface area (Å²) in [5.41, 5.74) is 2.40. The summed E-state index contributed by atoms with van der Waals surface area (Å²) in [4.78, 5) is 26.1. The van der Waals surface area contributed by atoms with E-state index in [1.807, 2.05) is 55.4 Å². The van der Waals surface area contributed by atoms with E-state index >= 15 is 0 Å². The minimum atomic E-state index is -0.729. The molecule has 0 bridgehead atoms. The zero-order chi connectivity index (χ0) is 19.8. The summed E-state index contributed by atoms with van der Waals surface area (Å²) < 4.78 is 10.6. The molecule has 1 atom stereocenters. The van der Waals surface area contributed by atoms with Crippen molar-refractivity contribution in [1.29, 1.82) is 0 Å². The van der Waals surface area contributed by atoms with Crippen LogP contribution in [0.15, 0.2) is 48.5 Å². The molecule has 0 fully saturated rings. The molecule has 0 radical (unpaired) electrons. The fourth-order valence-corrected chi connectivity index (χ4v) is 2.48. The summed E-state index contributed by atoms with van der Waals surface area (Å²) in [5, 5.41) is 5.17. The minimum Gasteiger partial charge on any atom is -0.497 e. The molecule has 2 amide bonds. The largest absolute Gasteiger partial charge is 0.497 e. The second-order valence-corrected chi connectivity index (χ2v) is 6.11. The first-order valence-corrected chi connectivity index (χ1v) is 8.48. The topological polar surface area (TPSA) is 79.9 Å². The molecule has 2 aromatic carbocycles. The molecule has 0 aromatic heterocycles. The number of anilines is 2. The van der Waals surface area contributed by atoms with Crippen LogP contribution in [-0.2, 0) is 14.3 Å². The second kappa shape index (κ2) is 9.59. The smallest absolute Gasteiger partial charge is 0.313 e. The van der Waals surface area contributed by atoms with Gasteiger partial charge in [0.1, 0.15) is 5.75 Å². The third kappa shape index (κ3) is 5.72. The van der Waals surface area contributed by atoms with E-state index in [1.54, 1.807) is 26.4 Å². The number of carbonyl (C=O) groups excluding carboxylic acids is 2. The maximum Gasteiger partial charge on any atom is 0.313 e. The predicted octanol–water partition coefficient (Wildman–Crippen LogP) is 2.20. The molecule has 2 rings (SSSR count). The number of amides is 2. The van der Waals surface area contributed by atoms with Crippen molar-refractivity contribution < 1.29 is 19.1 Å². The lowest BCUT2D eigenvalue weighted by molar-refractivity contribution is -0.136. The maximum absolute atomic E-state index is 12.1. The van der Waals surface area contributed by atoms with Crippen molar-refractivity contribution in [1.82, 2.24) is 5.32 Å². The molecule has 0 saturated carbocycles. The molecule has 0 aliphatic carbocycles. The van der Waals surface area contributed by atoms with Crippen LogP contribution in [0, 0.1) is 0 Å². The Morgan fingerprint density at radius 3 is 2.33 bits per heavy atom. The molecule has 0 saturated heterocycles. The number of nitrogens with zero attached hydrogens (tertiary/aromatic N) is 1. The summed E-state index contributed by atoms with van der Waals surface area (Å²) in [6.45, 7) is 0.162. The van der Waals surface area contributed by atoms with Gasteiger partial charge in [0.25, 0.3) is 0 Å². The Morgan fingerprint density at radius 2 is 1.74 bits per heavy atom. The third-order valence-corrected chi connectivity index (χ3v) is 4.05. The lowest BCUT2D eigenvalue weighted by atomic mass is 10.1. The van der Waals surface area contributed by atoms with Gasteiger partial charge in [-0.05, 0) is 42.0 Å². The van der Waals surface area contributed by atoms with Gasteiger partial charge in [0.05, 0.1) is 13.2 Å². The highest BCUT2D eigenvalue weighted by atomic mass is 16.5. The van der Waals surface area contributed by atoms with Crippen molar-refractivity contribution >= 4 is 23.2 Å². The molecule has 27 heavy (non-hydrogen) atoms. The Kier molecular flexibility index (Phi) is 7.19. The van der Waals surface area contributed by atoms with Crippen LogP contribution >= 0.6 is 0 Å². The van der Waals surface area contributed by atoms with Crippen molar-refractivity contribution in [2.75, 3.05) is 45.1 Å². The standard InChI is InChI=1S/C20H25N3O4/c1-23(2)16-10-8-15(9-11-16)22-20(25)19(24)21-13-18(27-4)14-6-5-7-17(12-14)26-3/h5-12,18H,13H2,1-4H3,(H,21,24)(H,22,25). The van der Waals surface area contributed by atoms with E-state index in [9.17, 15) is 9.59 Å². The number of nitrogens with one attached hydrogen (secondary N) is 2. The van der Waals surface area contributed by atoms with Gasteiger partial charge >= 0.3 is 11.8 Å². The number of carbonyl (C=O) groups is 2. The average Bonchev–Trinajstić information content (AvgIpc) is 2.68. The molecule has 0 aliphatic rings. The minimum absolute atomic E-state index is 0.162. The second-order valence-electron chi connectivity index (χ2n) is 6.11. The van der Waals surface area contributed by atoms with Gasteiger partial charge in [-0.2, -0.15) is 0 Å². The van der Waals surface area contributed by atoms with E-state index in [-0.39, 0.29) is 6.54 Å². The first-order valence-electron chi connectivity index (χ1n) is 8.48. The van der Waals surface area contributed by atoms with Crippen LogP contribution in [0.2, 0.25) is 0 Å². The van der Waals surface area contributed by atoms with Gasteiger partial charge in [-0.25, -0.2) is 0 Å². The first kappa shape index (κ1) is 20.3. The number of rotatable bonds is 7. The maximum atomic E-state index is 12.1.